The van der Waals surface area contributed by atoms with E-state index in [9.17, 15) is 0 Å². The van der Waals surface area contributed by atoms with Crippen molar-refractivity contribution in [2.75, 3.05) is 32.8 Å². The molecular weight excluding hydrogens is 222 g/mol. The Morgan fingerprint density at radius 1 is 1.11 bits per heavy atom. The van der Waals surface area contributed by atoms with Gasteiger partial charge in [0.05, 0.1) is 13.1 Å². The molecule has 0 saturated carbocycles. The van der Waals surface area contributed by atoms with Crippen LogP contribution in [0, 0.1) is 11.8 Å². The second-order valence-corrected chi connectivity index (χ2v) is 5.28. The first-order valence-corrected chi connectivity index (χ1v) is 7.16. The van der Waals surface area contributed by atoms with Gasteiger partial charge in [0.15, 0.2) is 0 Å². The molecule has 0 aliphatic rings. The predicted molar refractivity (Wildman–Crippen MR) is 79.2 cm³/mol. The van der Waals surface area contributed by atoms with Gasteiger partial charge in [-0.3, -0.25) is 0 Å². The first kappa shape index (κ1) is 17.2. The van der Waals surface area contributed by atoms with E-state index < -0.39 is 0 Å². The van der Waals surface area contributed by atoms with Gasteiger partial charge in [-0.25, -0.2) is 0 Å². The van der Waals surface area contributed by atoms with Crippen LogP contribution in [0.25, 0.3) is 0 Å². The quantitative estimate of drug-likeness (QED) is 0.380. The van der Waals surface area contributed by atoms with E-state index in [1.165, 1.54) is 44.3 Å². The van der Waals surface area contributed by atoms with E-state index >= 15 is 0 Å². The van der Waals surface area contributed by atoms with Crippen molar-refractivity contribution >= 4 is 0 Å². The summed E-state index contributed by atoms with van der Waals surface area (Å²) in [6.07, 6.45) is 4.90. The van der Waals surface area contributed by atoms with E-state index in [-0.39, 0.29) is 6.61 Å². The number of hydrogen-bond donors (Lipinski definition) is 1. The van der Waals surface area contributed by atoms with Crippen LogP contribution in [0.2, 0.25) is 0 Å². The van der Waals surface area contributed by atoms with Crippen molar-refractivity contribution in [2.24, 2.45) is 0 Å². The summed E-state index contributed by atoms with van der Waals surface area (Å²) in [5.74, 6) is 5.92. The Morgan fingerprint density at radius 3 is 2.06 bits per heavy atom. The number of aliphatic hydroxyl groups is 1. The molecule has 104 valence electrons. The smallest absolute Gasteiger partial charge is 0.141 e. The van der Waals surface area contributed by atoms with Crippen LogP contribution in [0.4, 0.5) is 0 Å². The van der Waals surface area contributed by atoms with E-state index in [2.05, 4.69) is 39.2 Å². The molecule has 0 amide bonds. The monoisotopic (exact) mass is 252 g/mol. The summed E-state index contributed by atoms with van der Waals surface area (Å²) in [5, 5.41) is 8.80. The van der Waals surface area contributed by atoms with Gasteiger partial charge in [0.25, 0.3) is 0 Å². The van der Waals surface area contributed by atoms with Gasteiger partial charge < -0.3 is 9.59 Å². The fourth-order valence-electron chi connectivity index (χ4n) is 2.32. The SMILES string of the molecule is C=C(C)C[N+](CC#CCO)(CCCC)CCCC. The summed E-state index contributed by atoms with van der Waals surface area (Å²) in [4.78, 5) is 0. The zero-order valence-corrected chi connectivity index (χ0v) is 12.5. The summed E-state index contributed by atoms with van der Waals surface area (Å²) in [6, 6.07) is 0. The zero-order chi connectivity index (χ0) is 13.9. The third kappa shape index (κ3) is 7.53. The van der Waals surface area contributed by atoms with Gasteiger partial charge in [-0.05, 0) is 31.3 Å². The molecule has 0 saturated heterocycles. The van der Waals surface area contributed by atoms with Crippen LogP contribution in [-0.4, -0.2) is 42.4 Å². The van der Waals surface area contributed by atoms with Gasteiger partial charge in [-0.15, -0.1) is 0 Å². The Balaban J connectivity index is 4.78. The molecule has 0 aromatic heterocycles. The van der Waals surface area contributed by atoms with Crippen LogP contribution < -0.4 is 0 Å². The molecule has 0 rings (SSSR count). The Bertz CT molecular complexity index is 277. The minimum absolute atomic E-state index is 0.0331. The lowest BCUT2D eigenvalue weighted by Crippen LogP contribution is -2.50. The second kappa shape index (κ2) is 10.2. The molecule has 0 radical (unpaired) electrons. The van der Waals surface area contributed by atoms with Gasteiger partial charge in [-0.2, -0.15) is 0 Å². The largest absolute Gasteiger partial charge is 0.384 e. The molecule has 1 N–H and O–H groups in total. The molecule has 0 fully saturated rings. The third-order valence-electron chi connectivity index (χ3n) is 3.20. The van der Waals surface area contributed by atoms with E-state index in [0.29, 0.717) is 0 Å². The lowest BCUT2D eigenvalue weighted by Gasteiger charge is -2.37. The number of quaternary nitrogens is 1. The number of nitrogens with zero attached hydrogens (tertiary/aromatic N) is 1. The van der Waals surface area contributed by atoms with Crippen LogP contribution in [0.5, 0.6) is 0 Å². The Hall–Kier alpha value is -0.780. The van der Waals surface area contributed by atoms with Gasteiger partial charge in [0.1, 0.15) is 19.7 Å². The normalized spacial score (nSPS) is 10.9. The molecule has 0 aliphatic carbocycles. The molecule has 0 aromatic carbocycles. The van der Waals surface area contributed by atoms with Crippen molar-refractivity contribution in [3.63, 3.8) is 0 Å². The molecule has 0 aromatic rings. The van der Waals surface area contributed by atoms with Crippen molar-refractivity contribution in [1.82, 2.24) is 0 Å². The standard InChI is InChI=1S/C16H30NO/c1-5-7-11-17(12-8-6-2,15-16(3)4)13-9-10-14-18/h18H,3,5-8,11-15H2,1-2,4H3/q+1. The minimum atomic E-state index is -0.0331. The van der Waals surface area contributed by atoms with Crippen molar-refractivity contribution in [3.05, 3.63) is 12.2 Å². The van der Waals surface area contributed by atoms with Crippen molar-refractivity contribution in [1.29, 1.82) is 0 Å². The molecule has 0 aliphatic heterocycles. The molecule has 2 nitrogen and oxygen atoms in total. The fraction of sp³-hybridized carbons (Fsp3) is 0.750. The fourth-order valence-corrected chi connectivity index (χ4v) is 2.32. The van der Waals surface area contributed by atoms with Gasteiger partial charge in [0, 0.05) is 0 Å². The third-order valence-corrected chi connectivity index (χ3v) is 3.20. The van der Waals surface area contributed by atoms with Gasteiger partial charge >= 0.3 is 0 Å². The van der Waals surface area contributed by atoms with Gasteiger partial charge in [0.2, 0.25) is 0 Å². The van der Waals surface area contributed by atoms with Gasteiger partial charge in [-0.1, -0.05) is 39.2 Å². The Labute approximate surface area is 113 Å². The van der Waals surface area contributed by atoms with Crippen LogP contribution in [0.1, 0.15) is 46.5 Å². The molecule has 0 spiro atoms. The van der Waals surface area contributed by atoms with E-state index in [4.69, 9.17) is 5.11 Å². The highest BCUT2D eigenvalue weighted by atomic mass is 16.2. The summed E-state index contributed by atoms with van der Waals surface area (Å²) in [5.41, 5.74) is 1.23. The first-order valence-electron chi connectivity index (χ1n) is 7.16. The summed E-state index contributed by atoms with van der Waals surface area (Å²) >= 11 is 0. The number of aliphatic hydroxyl groups excluding tert-OH is 1. The van der Waals surface area contributed by atoms with Crippen LogP contribution in [0.15, 0.2) is 12.2 Å². The van der Waals surface area contributed by atoms with Crippen LogP contribution in [-0.2, 0) is 0 Å². The summed E-state index contributed by atoms with van der Waals surface area (Å²) < 4.78 is 1.02. The van der Waals surface area contributed by atoms with Crippen molar-refractivity contribution in [2.45, 2.75) is 46.5 Å². The second-order valence-electron chi connectivity index (χ2n) is 5.28. The molecule has 0 bridgehead atoms. The lowest BCUT2D eigenvalue weighted by atomic mass is 10.1. The molecule has 0 unspecified atom stereocenters. The maximum Gasteiger partial charge on any atom is 0.141 e. The Morgan fingerprint density at radius 2 is 1.67 bits per heavy atom. The minimum Gasteiger partial charge on any atom is -0.384 e. The topological polar surface area (TPSA) is 20.2 Å². The summed E-state index contributed by atoms with van der Waals surface area (Å²) in [7, 11) is 0. The van der Waals surface area contributed by atoms with E-state index in [1.807, 2.05) is 0 Å². The maximum atomic E-state index is 8.80. The Kier molecular flexibility index (Phi) is 9.73. The molecular formula is C16H30NO+. The highest BCUT2D eigenvalue weighted by molar-refractivity contribution is 5.00. The lowest BCUT2D eigenvalue weighted by molar-refractivity contribution is -0.917. The number of hydrogen-bond acceptors (Lipinski definition) is 1. The molecule has 0 heterocycles. The highest BCUT2D eigenvalue weighted by Gasteiger charge is 2.25. The highest BCUT2D eigenvalue weighted by Crippen LogP contribution is 2.14. The predicted octanol–water partition coefficient (Wildman–Crippen LogP) is 2.98. The zero-order valence-electron chi connectivity index (χ0n) is 12.5. The van der Waals surface area contributed by atoms with Crippen LogP contribution >= 0.6 is 0 Å². The van der Waals surface area contributed by atoms with Crippen molar-refractivity contribution in [3.8, 4) is 11.8 Å². The number of unbranched alkanes of at least 4 members (excludes halogenated alkanes) is 2. The molecule has 0 atom stereocenters. The average molecular weight is 252 g/mol. The average Bonchev–Trinajstić information content (AvgIpc) is 2.33. The molecule has 2 heteroatoms. The van der Waals surface area contributed by atoms with E-state index in [0.717, 1.165) is 17.6 Å². The first-order chi connectivity index (χ1) is 8.60. The molecule has 18 heavy (non-hydrogen) atoms. The number of rotatable bonds is 9. The van der Waals surface area contributed by atoms with E-state index in [1.54, 1.807) is 0 Å². The summed E-state index contributed by atoms with van der Waals surface area (Å²) in [6.45, 7) is 14.8. The maximum absolute atomic E-state index is 8.80. The van der Waals surface area contributed by atoms with Crippen molar-refractivity contribution < 1.29 is 9.59 Å². The van der Waals surface area contributed by atoms with Crippen LogP contribution in [0.3, 0.4) is 0 Å².